The Morgan fingerprint density at radius 1 is 1.00 bits per heavy atom. The second-order valence-corrected chi connectivity index (χ2v) is 3.98. The van der Waals surface area contributed by atoms with Gasteiger partial charge in [-0.3, -0.25) is 4.98 Å². The van der Waals surface area contributed by atoms with Crippen LogP contribution in [0.1, 0.15) is 0 Å². The molecule has 0 saturated carbocycles. The van der Waals surface area contributed by atoms with Crippen LogP contribution in [0.4, 0.5) is 0 Å². The maximum Gasteiger partial charge on any atom is 0.213 e. The maximum atomic E-state index is 5.13. The maximum absolute atomic E-state index is 5.13. The van der Waals surface area contributed by atoms with Gasteiger partial charge in [-0.1, -0.05) is 24.3 Å². The molecule has 0 aliphatic carbocycles. The molecule has 0 fully saturated rings. The van der Waals surface area contributed by atoms with E-state index in [0.717, 1.165) is 22.2 Å². The van der Waals surface area contributed by atoms with E-state index in [1.54, 1.807) is 7.11 Å². The molecule has 3 nitrogen and oxygen atoms in total. The molecule has 1 aromatic carbocycles. The summed E-state index contributed by atoms with van der Waals surface area (Å²) in [6.07, 6.45) is 1.84. The first-order chi connectivity index (χ1) is 8.86. The van der Waals surface area contributed by atoms with Crippen LogP contribution in [0.5, 0.6) is 5.88 Å². The van der Waals surface area contributed by atoms with Crippen molar-refractivity contribution in [3.8, 4) is 17.1 Å². The van der Waals surface area contributed by atoms with E-state index < -0.39 is 0 Å². The van der Waals surface area contributed by atoms with Crippen LogP contribution < -0.4 is 4.74 Å². The highest BCUT2D eigenvalue weighted by atomic mass is 16.5. The van der Waals surface area contributed by atoms with Crippen LogP contribution in [0.25, 0.3) is 22.2 Å². The molecule has 0 aliphatic rings. The van der Waals surface area contributed by atoms with E-state index in [9.17, 15) is 0 Å². The molecule has 3 rings (SSSR count). The van der Waals surface area contributed by atoms with E-state index in [0.29, 0.717) is 5.88 Å². The minimum atomic E-state index is 0.612. The van der Waals surface area contributed by atoms with Crippen LogP contribution in [0.15, 0.2) is 54.7 Å². The fourth-order valence-corrected chi connectivity index (χ4v) is 1.90. The molecule has 3 aromatic rings. The molecule has 0 saturated heterocycles. The SMILES string of the molecule is COc1cccc(-c2cnc3ccccc3c2)n1. The van der Waals surface area contributed by atoms with Gasteiger partial charge in [0.25, 0.3) is 0 Å². The van der Waals surface area contributed by atoms with Gasteiger partial charge in [0.1, 0.15) is 0 Å². The summed E-state index contributed by atoms with van der Waals surface area (Å²) >= 11 is 0. The van der Waals surface area contributed by atoms with Gasteiger partial charge in [0, 0.05) is 23.2 Å². The smallest absolute Gasteiger partial charge is 0.213 e. The Bertz CT molecular complexity index is 695. The number of rotatable bonds is 2. The predicted octanol–water partition coefficient (Wildman–Crippen LogP) is 3.31. The van der Waals surface area contributed by atoms with E-state index >= 15 is 0 Å². The van der Waals surface area contributed by atoms with Gasteiger partial charge >= 0.3 is 0 Å². The van der Waals surface area contributed by atoms with Crippen molar-refractivity contribution in [3.63, 3.8) is 0 Å². The van der Waals surface area contributed by atoms with Crippen LogP contribution >= 0.6 is 0 Å². The number of pyridine rings is 2. The van der Waals surface area contributed by atoms with Gasteiger partial charge in [-0.05, 0) is 18.2 Å². The zero-order chi connectivity index (χ0) is 12.4. The topological polar surface area (TPSA) is 35.0 Å². The lowest BCUT2D eigenvalue weighted by molar-refractivity contribution is 0.398. The number of para-hydroxylation sites is 1. The van der Waals surface area contributed by atoms with Crippen molar-refractivity contribution >= 4 is 10.9 Å². The molecule has 0 spiro atoms. The first kappa shape index (κ1) is 10.7. The quantitative estimate of drug-likeness (QED) is 0.684. The fraction of sp³-hybridized carbons (Fsp3) is 0.0667. The van der Waals surface area contributed by atoms with Gasteiger partial charge in [-0.25, -0.2) is 4.98 Å². The zero-order valence-electron chi connectivity index (χ0n) is 10.00. The van der Waals surface area contributed by atoms with Crippen molar-refractivity contribution in [1.82, 2.24) is 9.97 Å². The molecule has 0 unspecified atom stereocenters. The number of hydrogen-bond donors (Lipinski definition) is 0. The summed E-state index contributed by atoms with van der Waals surface area (Å²) < 4.78 is 5.13. The molecule has 0 radical (unpaired) electrons. The lowest BCUT2D eigenvalue weighted by Gasteiger charge is -2.04. The summed E-state index contributed by atoms with van der Waals surface area (Å²) in [4.78, 5) is 8.84. The van der Waals surface area contributed by atoms with Crippen molar-refractivity contribution in [2.24, 2.45) is 0 Å². The van der Waals surface area contributed by atoms with Gasteiger partial charge < -0.3 is 4.74 Å². The van der Waals surface area contributed by atoms with Crippen LogP contribution in [-0.4, -0.2) is 17.1 Å². The number of hydrogen-bond acceptors (Lipinski definition) is 3. The number of nitrogens with zero attached hydrogens (tertiary/aromatic N) is 2. The lowest BCUT2D eigenvalue weighted by atomic mass is 10.1. The molecule has 0 aliphatic heterocycles. The Labute approximate surface area is 105 Å². The van der Waals surface area contributed by atoms with Gasteiger partial charge in [0.2, 0.25) is 5.88 Å². The zero-order valence-corrected chi connectivity index (χ0v) is 10.00. The Morgan fingerprint density at radius 2 is 1.89 bits per heavy atom. The van der Waals surface area contributed by atoms with Crippen molar-refractivity contribution < 1.29 is 4.74 Å². The number of ether oxygens (including phenoxy) is 1. The summed E-state index contributed by atoms with van der Waals surface area (Å²) in [6.45, 7) is 0. The monoisotopic (exact) mass is 236 g/mol. The van der Waals surface area contributed by atoms with Crippen molar-refractivity contribution in [3.05, 3.63) is 54.7 Å². The van der Waals surface area contributed by atoms with Crippen molar-refractivity contribution in [1.29, 1.82) is 0 Å². The first-order valence-corrected chi connectivity index (χ1v) is 5.73. The molecule has 0 bridgehead atoms. The van der Waals surface area contributed by atoms with Crippen LogP contribution in [0.2, 0.25) is 0 Å². The van der Waals surface area contributed by atoms with Crippen molar-refractivity contribution in [2.75, 3.05) is 7.11 Å². The number of aromatic nitrogens is 2. The van der Waals surface area contributed by atoms with Crippen molar-refractivity contribution in [2.45, 2.75) is 0 Å². The van der Waals surface area contributed by atoms with E-state index in [2.05, 4.69) is 16.0 Å². The van der Waals surface area contributed by atoms with Gasteiger partial charge in [0.05, 0.1) is 18.3 Å². The Kier molecular flexibility index (Phi) is 2.65. The summed E-state index contributed by atoms with van der Waals surface area (Å²) in [5.41, 5.74) is 2.85. The van der Waals surface area contributed by atoms with Gasteiger partial charge in [-0.15, -0.1) is 0 Å². The lowest BCUT2D eigenvalue weighted by Crippen LogP contribution is -1.90. The highest BCUT2D eigenvalue weighted by Crippen LogP contribution is 2.22. The van der Waals surface area contributed by atoms with E-state index in [-0.39, 0.29) is 0 Å². The van der Waals surface area contributed by atoms with Gasteiger partial charge in [0.15, 0.2) is 0 Å². The largest absolute Gasteiger partial charge is 0.481 e. The number of methoxy groups -OCH3 is 1. The fourth-order valence-electron chi connectivity index (χ4n) is 1.90. The molecule has 0 N–H and O–H groups in total. The van der Waals surface area contributed by atoms with E-state index in [1.165, 1.54) is 0 Å². The molecule has 0 atom stereocenters. The molecule has 88 valence electrons. The molecule has 2 heterocycles. The number of fused-ring (bicyclic) bond motifs is 1. The minimum Gasteiger partial charge on any atom is -0.481 e. The van der Waals surface area contributed by atoms with E-state index in [1.807, 2.05) is 48.7 Å². The predicted molar refractivity (Wildman–Crippen MR) is 71.5 cm³/mol. The summed E-state index contributed by atoms with van der Waals surface area (Å²) in [5.74, 6) is 0.612. The summed E-state index contributed by atoms with van der Waals surface area (Å²) in [5, 5.41) is 1.11. The van der Waals surface area contributed by atoms with Crippen LogP contribution in [-0.2, 0) is 0 Å². The van der Waals surface area contributed by atoms with Gasteiger partial charge in [-0.2, -0.15) is 0 Å². The summed E-state index contributed by atoms with van der Waals surface area (Å²) in [6, 6.07) is 15.8. The Morgan fingerprint density at radius 3 is 2.78 bits per heavy atom. The molecule has 18 heavy (non-hydrogen) atoms. The molecule has 3 heteroatoms. The molecule has 2 aromatic heterocycles. The standard InChI is InChI=1S/C15H12N2O/c1-18-15-8-4-7-14(17-15)12-9-11-5-2-3-6-13(11)16-10-12/h2-10H,1H3. The average Bonchev–Trinajstić information content (AvgIpc) is 2.47. The second-order valence-electron chi connectivity index (χ2n) is 3.98. The van der Waals surface area contributed by atoms with E-state index in [4.69, 9.17) is 4.74 Å². The third-order valence-corrected chi connectivity index (χ3v) is 2.82. The molecular weight excluding hydrogens is 224 g/mol. The highest BCUT2D eigenvalue weighted by molar-refractivity contribution is 5.82. The third-order valence-electron chi connectivity index (χ3n) is 2.82. The summed E-state index contributed by atoms with van der Waals surface area (Å²) in [7, 11) is 1.62. The Balaban J connectivity index is 2.13. The van der Waals surface area contributed by atoms with Crippen LogP contribution in [0.3, 0.4) is 0 Å². The average molecular weight is 236 g/mol. The first-order valence-electron chi connectivity index (χ1n) is 5.73. The molecular formula is C15H12N2O. The Hall–Kier alpha value is -2.42. The number of benzene rings is 1. The molecule has 0 amide bonds. The highest BCUT2D eigenvalue weighted by Gasteiger charge is 2.03. The van der Waals surface area contributed by atoms with Crippen LogP contribution in [0, 0.1) is 0 Å². The second kappa shape index (κ2) is 4.45. The normalized spacial score (nSPS) is 10.5. The third kappa shape index (κ3) is 1.91. The minimum absolute atomic E-state index is 0.612.